The Balaban J connectivity index is 2.07. The van der Waals surface area contributed by atoms with Crippen molar-refractivity contribution in [2.45, 2.75) is 26.8 Å². The lowest BCUT2D eigenvalue weighted by molar-refractivity contribution is 0.0948. The van der Waals surface area contributed by atoms with Crippen molar-refractivity contribution in [3.8, 4) is 0 Å². The van der Waals surface area contributed by atoms with Crippen molar-refractivity contribution in [3.05, 3.63) is 46.8 Å². The summed E-state index contributed by atoms with van der Waals surface area (Å²) in [6.45, 7) is 3.86. The Labute approximate surface area is 135 Å². The third-order valence-corrected chi connectivity index (χ3v) is 3.79. The minimum Gasteiger partial charge on any atom is -0.361 e. The monoisotopic (exact) mass is 337 g/mol. The Bertz CT molecular complexity index is 812. The average Bonchev–Trinajstić information content (AvgIpc) is 2.84. The molecule has 1 heterocycles. The van der Waals surface area contributed by atoms with E-state index in [2.05, 4.69) is 15.2 Å². The Morgan fingerprint density at radius 1 is 1.35 bits per heavy atom. The highest BCUT2D eigenvalue weighted by Gasteiger charge is 2.18. The molecule has 0 aliphatic rings. The predicted octanol–water partition coefficient (Wildman–Crippen LogP) is 1.85. The summed E-state index contributed by atoms with van der Waals surface area (Å²) in [6, 6.07) is 6.83. The Morgan fingerprint density at radius 2 is 2.09 bits per heavy atom. The van der Waals surface area contributed by atoms with Crippen LogP contribution in [-0.2, 0) is 23.0 Å². The van der Waals surface area contributed by atoms with Gasteiger partial charge < -0.3 is 9.84 Å². The molecule has 2 N–H and O–H groups in total. The topological polar surface area (TPSA) is 101 Å². The minimum atomic E-state index is -3.33. The summed E-state index contributed by atoms with van der Waals surface area (Å²) in [6.07, 6.45) is 1.69. The molecular formula is C15H19N3O4S. The number of hydrogen-bond donors (Lipinski definition) is 2. The van der Waals surface area contributed by atoms with Gasteiger partial charge in [-0.1, -0.05) is 24.2 Å². The molecule has 1 amide bonds. The fourth-order valence-corrected chi connectivity index (χ4v) is 2.74. The van der Waals surface area contributed by atoms with Crippen LogP contribution in [0.5, 0.6) is 0 Å². The lowest BCUT2D eigenvalue weighted by Crippen LogP contribution is -2.24. The molecular weight excluding hydrogens is 318 g/mol. The van der Waals surface area contributed by atoms with Gasteiger partial charge in [-0.2, -0.15) is 0 Å². The third-order valence-electron chi connectivity index (χ3n) is 3.18. The molecule has 0 unspecified atom stereocenters. The number of carbonyl (C=O) groups excluding carboxylic acids is 1. The second-order valence-electron chi connectivity index (χ2n) is 5.17. The summed E-state index contributed by atoms with van der Waals surface area (Å²) >= 11 is 0. The molecule has 124 valence electrons. The van der Waals surface area contributed by atoms with Crippen LogP contribution in [0.4, 0.5) is 5.69 Å². The van der Waals surface area contributed by atoms with Gasteiger partial charge in [0.1, 0.15) is 11.3 Å². The number of amides is 1. The Hall–Kier alpha value is -2.35. The van der Waals surface area contributed by atoms with Gasteiger partial charge >= 0.3 is 0 Å². The van der Waals surface area contributed by atoms with Gasteiger partial charge in [-0.15, -0.1) is 0 Å². The standard InChI is InChI=1S/C15H19N3O4S/c1-4-13-14(10(2)22-17-13)15(19)16-9-11-6-5-7-12(8-11)18-23(3,20)21/h5-8,18H,4,9H2,1-3H3,(H,16,19). The highest BCUT2D eigenvalue weighted by molar-refractivity contribution is 7.92. The quantitative estimate of drug-likeness (QED) is 0.837. The van der Waals surface area contributed by atoms with E-state index >= 15 is 0 Å². The van der Waals surface area contributed by atoms with E-state index in [-0.39, 0.29) is 12.5 Å². The molecule has 0 spiro atoms. The first-order chi connectivity index (χ1) is 10.8. The normalized spacial score (nSPS) is 11.3. The van der Waals surface area contributed by atoms with Crippen molar-refractivity contribution in [3.63, 3.8) is 0 Å². The van der Waals surface area contributed by atoms with E-state index < -0.39 is 10.0 Å². The summed E-state index contributed by atoms with van der Waals surface area (Å²) in [4.78, 5) is 12.3. The van der Waals surface area contributed by atoms with Crippen molar-refractivity contribution in [2.75, 3.05) is 11.0 Å². The molecule has 23 heavy (non-hydrogen) atoms. The third kappa shape index (κ3) is 4.56. The Kier molecular flexibility index (Phi) is 5.05. The number of aromatic nitrogens is 1. The van der Waals surface area contributed by atoms with Gasteiger partial charge in [-0.25, -0.2) is 8.42 Å². The van der Waals surface area contributed by atoms with E-state index in [1.54, 1.807) is 31.2 Å². The summed E-state index contributed by atoms with van der Waals surface area (Å²) < 4.78 is 29.9. The first-order valence-electron chi connectivity index (χ1n) is 7.10. The number of sulfonamides is 1. The highest BCUT2D eigenvalue weighted by atomic mass is 32.2. The van der Waals surface area contributed by atoms with E-state index in [9.17, 15) is 13.2 Å². The van der Waals surface area contributed by atoms with Crippen LogP contribution in [0.2, 0.25) is 0 Å². The number of hydrogen-bond acceptors (Lipinski definition) is 5. The molecule has 0 atom stereocenters. The number of nitrogens with one attached hydrogen (secondary N) is 2. The van der Waals surface area contributed by atoms with E-state index in [0.29, 0.717) is 29.1 Å². The number of rotatable bonds is 6. The van der Waals surface area contributed by atoms with Crippen LogP contribution in [0.25, 0.3) is 0 Å². The molecule has 1 aromatic heterocycles. The Morgan fingerprint density at radius 3 is 2.74 bits per heavy atom. The van der Waals surface area contributed by atoms with Crippen LogP contribution in [0, 0.1) is 6.92 Å². The molecule has 0 saturated carbocycles. The molecule has 7 nitrogen and oxygen atoms in total. The summed E-state index contributed by atoms with van der Waals surface area (Å²) in [7, 11) is -3.33. The second kappa shape index (κ2) is 6.82. The molecule has 0 aliphatic carbocycles. The smallest absolute Gasteiger partial charge is 0.257 e. The lowest BCUT2D eigenvalue weighted by Gasteiger charge is -2.08. The van der Waals surface area contributed by atoms with Crippen LogP contribution < -0.4 is 10.0 Å². The van der Waals surface area contributed by atoms with Gasteiger partial charge in [0.05, 0.1) is 11.9 Å². The van der Waals surface area contributed by atoms with Crippen LogP contribution in [0.15, 0.2) is 28.8 Å². The molecule has 0 saturated heterocycles. The van der Waals surface area contributed by atoms with Crippen LogP contribution in [-0.4, -0.2) is 25.7 Å². The average molecular weight is 337 g/mol. The summed E-state index contributed by atoms with van der Waals surface area (Å²) in [5.74, 6) is 0.217. The summed E-state index contributed by atoms with van der Waals surface area (Å²) in [5.41, 5.74) is 2.30. The fourth-order valence-electron chi connectivity index (χ4n) is 2.18. The molecule has 1 aromatic carbocycles. The van der Waals surface area contributed by atoms with Gasteiger partial charge in [-0.3, -0.25) is 9.52 Å². The molecule has 0 bridgehead atoms. The van der Waals surface area contributed by atoms with Gasteiger partial charge in [0, 0.05) is 12.2 Å². The van der Waals surface area contributed by atoms with Crippen LogP contribution >= 0.6 is 0 Å². The lowest BCUT2D eigenvalue weighted by atomic mass is 10.1. The molecule has 2 rings (SSSR count). The SMILES string of the molecule is CCc1noc(C)c1C(=O)NCc1cccc(NS(C)(=O)=O)c1. The van der Waals surface area contributed by atoms with Crippen molar-refractivity contribution in [2.24, 2.45) is 0 Å². The largest absolute Gasteiger partial charge is 0.361 e. The number of aryl methyl sites for hydroxylation is 2. The molecule has 0 aliphatic heterocycles. The van der Waals surface area contributed by atoms with Gasteiger partial charge in [0.25, 0.3) is 5.91 Å². The van der Waals surface area contributed by atoms with E-state index in [1.807, 2.05) is 6.92 Å². The maximum Gasteiger partial charge on any atom is 0.257 e. The van der Waals surface area contributed by atoms with Crippen LogP contribution in [0.1, 0.15) is 34.3 Å². The first kappa shape index (κ1) is 17.0. The molecule has 0 fully saturated rings. The second-order valence-corrected chi connectivity index (χ2v) is 6.92. The van der Waals surface area contributed by atoms with E-state index in [0.717, 1.165) is 11.8 Å². The number of anilines is 1. The number of benzene rings is 1. The maximum absolute atomic E-state index is 12.3. The van der Waals surface area contributed by atoms with Gasteiger partial charge in [-0.05, 0) is 31.0 Å². The zero-order chi connectivity index (χ0) is 17.0. The molecule has 8 heteroatoms. The zero-order valence-electron chi connectivity index (χ0n) is 13.2. The van der Waals surface area contributed by atoms with Crippen molar-refractivity contribution in [1.82, 2.24) is 10.5 Å². The maximum atomic E-state index is 12.3. The fraction of sp³-hybridized carbons (Fsp3) is 0.333. The minimum absolute atomic E-state index is 0.262. The first-order valence-corrected chi connectivity index (χ1v) is 8.99. The predicted molar refractivity (Wildman–Crippen MR) is 86.7 cm³/mol. The zero-order valence-corrected chi connectivity index (χ0v) is 14.0. The van der Waals surface area contributed by atoms with Gasteiger partial charge in [0.15, 0.2) is 0 Å². The van der Waals surface area contributed by atoms with Crippen molar-refractivity contribution >= 4 is 21.6 Å². The molecule has 0 radical (unpaired) electrons. The van der Waals surface area contributed by atoms with Crippen molar-refractivity contribution < 1.29 is 17.7 Å². The van der Waals surface area contributed by atoms with Crippen molar-refractivity contribution in [1.29, 1.82) is 0 Å². The highest BCUT2D eigenvalue weighted by Crippen LogP contribution is 2.15. The van der Waals surface area contributed by atoms with Crippen LogP contribution in [0.3, 0.4) is 0 Å². The summed E-state index contributed by atoms with van der Waals surface area (Å²) in [5, 5.41) is 6.64. The van der Waals surface area contributed by atoms with Gasteiger partial charge in [0.2, 0.25) is 10.0 Å². The number of carbonyl (C=O) groups is 1. The van der Waals surface area contributed by atoms with E-state index in [4.69, 9.17) is 4.52 Å². The number of nitrogens with zero attached hydrogens (tertiary/aromatic N) is 1. The van der Waals surface area contributed by atoms with E-state index in [1.165, 1.54) is 0 Å². The molecule has 2 aromatic rings.